The number of rotatable bonds is 50. The lowest BCUT2D eigenvalue weighted by Crippen LogP contribution is -2.30. The van der Waals surface area contributed by atoms with Crippen LogP contribution < -0.4 is 0 Å². The van der Waals surface area contributed by atoms with Crippen molar-refractivity contribution < 1.29 is 28.6 Å². The van der Waals surface area contributed by atoms with Crippen LogP contribution >= 0.6 is 0 Å². The Morgan fingerprint density at radius 1 is 0.318 bits per heavy atom. The molecule has 0 aromatic carbocycles. The van der Waals surface area contributed by atoms with Crippen LogP contribution in [0.25, 0.3) is 0 Å². The molecule has 0 radical (unpaired) electrons. The van der Waals surface area contributed by atoms with Crippen molar-refractivity contribution in [1.82, 2.24) is 0 Å². The fourth-order valence-electron chi connectivity index (χ4n) is 7.88. The molecule has 0 aliphatic rings. The van der Waals surface area contributed by atoms with Crippen molar-refractivity contribution in [2.45, 2.75) is 277 Å². The molecule has 0 bridgehead atoms. The summed E-state index contributed by atoms with van der Waals surface area (Å²) in [6.45, 7) is 6.45. The Morgan fingerprint density at radius 3 is 1.02 bits per heavy atom. The molecule has 0 aromatic heterocycles. The molecular formula is C60H104O6. The molecule has 380 valence electrons. The Hall–Kier alpha value is -3.15. The van der Waals surface area contributed by atoms with E-state index in [0.717, 1.165) is 64.2 Å². The van der Waals surface area contributed by atoms with E-state index >= 15 is 0 Å². The number of allylic oxidation sites excluding steroid dienone is 12. The molecule has 0 aliphatic carbocycles. The van der Waals surface area contributed by atoms with Crippen LogP contribution in [0.5, 0.6) is 0 Å². The first-order valence-corrected chi connectivity index (χ1v) is 28.0. The lowest BCUT2D eigenvalue weighted by Gasteiger charge is -2.18. The van der Waals surface area contributed by atoms with Crippen LogP contribution in [0.1, 0.15) is 271 Å². The summed E-state index contributed by atoms with van der Waals surface area (Å²) in [7, 11) is 0. The van der Waals surface area contributed by atoms with E-state index in [-0.39, 0.29) is 37.5 Å². The number of carbonyl (C=O) groups is 3. The summed E-state index contributed by atoms with van der Waals surface area (Å²) in [5.41, 5.74) is 0. The van der Waals surface area contributed by atoms with Gasteiger partial charge in [-0.2, -0.15) is 0 Å². The standard InChI is InChI=1S/C60H104O6/c1-4-7-10-13-16-19-22-25-27-29-30-31-33-35-38-41-44-47-50-53-59(62)65-56-57(55-64-58(61)52-49-46-43-40-37-34-24-21-18-15-12-9-6-3)66-60(63)54-51-48-45-42-39-36-32-28-26-23-20-17-14-11-8-5-2/h9,12,15,18,21,24,28,32,34,37,40,43,57H,4-8,10-11,13-14,16-17,19-20,22-23,25-27,29-31,33,35-36,38-39,41-42,44-56H2,1-3H3/b12-9+,18-15+,24-21+,32-28+,37-34+,43-40+. The SMILES string of the molecule is CC/C=C/C=C/C=C/C=C/C=C/CCCC(=O)OCC(COC(=O)CCCCCCCCCCCCCCCCCCCCC)OC(=O)CCCCCCC/C=C/CCCCCCCCC. The Balaban J connectivity index is 4.41. The highest BCUT2D eigenvalue weighted by molar-refractivity contribution is 5.71. The molecule has 0 heterocycles. The highest BCUT2D eigenvalue weighted by Crippen LogP contribution is 2.16. The predicted octanol–water partition coefficient (Wildman–Crippen LogP) is 18.6. The van der Waals surface area contributed by atoms with Crippen LogP contribution in [0.2, 0.25) is 0 Å². The summed E-state index contributed by atoms with van der Waals surface area (Å²) < 4.78 is 16.8. The second-order valence-electron chi connectivity index (χ2n) is 18.6. The fraction of sp³-hybridized carbons (Fsp3) is 0.750. The Labute approximate surface area is 408 Å². The van der Waals surface area contributed by atoms with E-state index in [1.807, 2.05) is 54.7 Å². The van der Waals surface area contributed by atoms with Gasteiger partial charge in [-0.1, -0.05) is 267 Å². The summed E-state index contributed by atoms with van der Waals surface area (Å²) in [5.74, 6) is -0.976. The minimum atomic E-state index is -0.807. The minimum absolute atomic E-state index is 0.0990. The number of hydrogen-bond acceptors (Lipinski definition) is 6. The number of ether oxygens (including phenoxy) is 3. The van der Waals surface area contributed by atoms with E-state index in [0.29, 0.717) is 19.3 Å². The molecule has 0 aliphatic heterocycles. The van der Waals surface area contributed by atoms with Gasteiger partial charge in [-0.25, -0.2) is 0 Å². The molecule has 0 spiro atoms. The first kappa shape index (κ1) is 62.8. The van der Waals surface area contributed by atoms with Gasteiger partial charge in [0, 0.05) is 19.3 Å². The van der Waals surface area contributed by atoms with E-state index < -0.39 is 6.10 Å². The van der Waals surface area contributed by atoms with Crippen molar-refractivity contribution >= 4 is 17.9 Å². The zero-order chi connectivity index (χ0) is 47.9. The highest BCUT2D eigenvalue weighted by Gasteiger charge is 2.19. The van der Waals surface area contributed by atoms with Crippen LogP contribution in [0.15, 0.2) is 72.9 Å². The molecule has 0 fully saturated rings. The van der Waals surface area contributed by atoms with Crippen LogP contribution in [-0.4, -0.2) is 37.2 Å². The van der Waals surface area contributed by atoms with Gasteiger partial charge in [0.2, 0.25) is 0 Å². The topological polar surface area (TPSA) is 78.9 Å². The predicted molar refractivity (Wildman–Crippen MR) is 284 cm³/mol. The molecule has 0 rings (SSSR count). The Kier molecular flexibility index (Phi) is 51.9. The zero-order valence-corrected chi connectivity index (χ0v) is 43.4. The van der Waals surface area contributed by atoms with Crippen molar-refractivity contribution in [3.8, 4) is 0 Å². The van der Waals surface area contributed by atoms with Gasteiger partial charge < -0.3 is 14.2 Å². The molecule has 1 unspecified atom stereocenters. The van der Waals surface area contributed by atoms with Crippen LogP contribution in [0, 0.1) is 0 Å². The van der Waals surface area contributed by atoms with Gasteiger partial charge in [0.25, 0.3) is 0 Å². The van der Waals surface area contributed by atoms with Crippen molar-refractivity contribution in [3.05, 3.63) is 72.9 Å². The maximum atomic E-state index is 12.8. The molecule has 1 atom stereocenters. The lowest BCUT2D eigenvalue weighted by molar-refractivity contribution is -0.167. The van der Waals surface area contributed by atoms with Crippen LogP contribution in [0.3, 0.4) is 0 Å². The lowest BCUT2D eigenvalue weighted by atomic mass is 10.0. The number of carbonyl (C=O) groups excluding carboxylic acids is 3. The molecule has 66 heavy (non-hydrogen) atoms. The highest BCUT2D eigenvalue weighted by atomic mass is 16.6. The molecule has 0 N–H and O–H groups in total. The Morgan fingerprint density at radius 2 is 0.621 bits per heavy atom. The average Bonchev–Trinajstić information content (AvgIpc) is 3.31. The normalized spacial score (nSPS) is 12.6. The largest absolute Gasteiger partial charge is 0.462 e. The third-order valence-corrected chi connectivity index (χ3v) is 12.1. The summed E-state index contributed by atoms with van der Waals surface area (Å²) >= 11 is 0. The monoisotopic (exact) mass is 921 g/mol. The first-order valence-electron chi connectivity index (χ1n) is 28.0. The van der Waals surface area contributed by atoms with Crippen molar-refractivity contribution in [1.29, 1.82) is 0 Å². The van der Waals surface area contributed by atoms with Gasteiger partial charge in [0.05, 0.1) is 0 Å². The second kappa shape index (κ2) is 54.5. The van der Waals surface area contributed by atoms with E-state index in [1.54, 1.807) is 0 Å². The summed E-state index contributed by atoms with van der Waals surface area (Å²) in [5, 5.41) is 0. The number of hydrogen-bond donors (Lipinski definition) is 0. The molecule has 0 saturated carbocycles. The van der Waals surface area contributed by atoms with E-state index in [2.05, 4.69) is 39.0 Å². The van der Waals surface area contributed by atoms with Gasteiger partial charge >= 0.3 is 17.9 Å². The average molecular weight is 921 g/mol. The summed E-state index contributed by atoms with van der Waals surface area (Å²) in [6, 6.07) is 0. The van der Waals surface area contributed by atoms with Gasteiger partial charge in [0.1, 0.15) is 13.2 Å². The maximum absolute atomic E-state index is 12.8. The third-order valence-electron chi connectivity index (χ3n) is 12.1. The third kappa shape index (κ3) is 51.8. The number of esters is 3. The van der Waals surface area contributed by atoms with Crippen molar-refractivity contribution in [2.75, 3.05) is 13.2 Å². The Bertz CT molecular complexity index is 1240. The molecular weight excluding hydrogens is 817 g/mol. The second-order valence-corrected chi connectivity index (χ2v) is 18.6. The molecule has 6 heteroatoms. The molecule has 6 nitrogen and oxygen atoms in total. The van der Waals surface area contributed by atoms with Crippen LogP contribution in [-0.2, 0) is 28.6 Å². The molecule has 0 amide bonds. The van der Waals surface area contributed by atoms with Gasteiger partial charge in [-0.15, -0.1) is 0 Å². The quantitative estimate of drug-likeness (QED) is 0.0199. The smallest absolute Gasteiger partial charge is 0.306 e. The summed E-state index contributed by atoms with van der Waals surface area (Å²) in [6.07, 6.45) is 69.0. The first-order chi connectivity index (χ1) is 32.5. The zero-order valence-electron chi connectivity index (χ0n) is 43.4. The van der Waals surface area contributed by atoms with Gasteiger partial charge in [0.15, 0.2) is 6.10 Å². The van der Waals surface area contributed by atoms with Gasteiger partial charge in [-0.05, 0) is 57.8 Å². The van der Waals surface area contributed by atoms with Crippen LogP contribution in [0.4, 0.5) is 0 Å². The molecule has 0 saturated heterocycles. The molecule has 0 aromatic rings. The van der Waals surface area contributed by atoms with Crippen molar-refractivity contribution in [2.24, 2.45) is 0 Å². The maximum Gasteiger partial charge on any atom is 0.306 e. The minimum Gasteiger partial charge on any atom is -0.462 e. The fourth-order valence-corrected chi connectivity index (χ4v) is 7.88. The van der Waals surface area contributed by atoms with E-state index in [9.17, 15) is 14.4 Å². The number of unbranched alkanes of at least 4 members (excludes halogenated alkanes) is 31. The van der Waals surface area contributed by atoms with Gasteiger partial charge in [-0.3, -0.25) is 14.4 Å². The summed E-state index contributed by atoms with van der Waals surface area (Å²) in [4.78, 5) is 38.0. The van der Waals surface area contributed by atoms with E-state index in [4.69, 9.17) is 14.2 Å². The van der Waals surface area contributed by atoms with Crippen molar-refractivity contribution in [3.63, 3.8) is 0 Å². The van der Waals surface area contributed by atoms with E-state index in [1.165, 1.54) is 161 Å².